The van der Waals surface area contributed by atoms with E-state index in [1.165, 1.54) is 22.8 Å². The Labute approximate surface area is 136 Å². The maximum absolute atomic E-state index is 13.0. The van der Waals surface area contributed by atoms with Crippen LogP contribution in [0.25, 0.3) is 10.2 Å². The molecule has 0 fully saturated rings. The number of nitrogens with zero attached hydrogens (tertiary/aromatic N) is 2. The fourth-order valence-electron chi connectivity index (χ4n) is 3.20. The minimum Gasteiger partial charge on any atom is -0.481 e. The monoisotopic (exact) mass is 334 g/mol. The first-order valence-corrected chi connectivity index (χ1v) is 8.41. The summed E-state index contributed by atoms with van der Waals surface area (Å²) in [6.07, 6.45) is 1.18. The largest absolute Gasteiger partial charge is 0.481 e. The minimum atomic E-state index is -0.908. The average Bonchev–Trinajstić information content (AvgIpc) is 2.98. The first-order valence-electron chi connectivity index (χ1n) is 7.59. The number of carboxylic acids is 1. The van der Waals surface area contributed by atoms with Crippen molar-refractivity contribution in [1.29, 1.82) is 0 Å². The van der Waals surface area contributed by atoms with Crippen LogP contribution in [-0.2, 0) is 22.6 Å². The Bertz CT molecular complexity index is 878. The van der Waals surface area contributed by atoms with Crippen molar-refractivity contribution in [2.24, 2.45) is 0 Å². The molecule has 0 spiro atoms. The fraction of sp³-hybridized carbons (Fsp3) is 0.500. The Morgan fingerprint density at radius 2 is 2.13 bits per heavy atom. The summed E-state index contributed by atoms with van der Waals surface area (Å²) in [5.41, 5.74) is 0.321. The van der Waals surface area contributed by atoms with Crippen LogP contribution in [0.4, 0.5) is 0 Å². The van der Waals surface area contributed by atoms with Gasteiger partial charge in [0.15, 0.2) is 0 Å². The van der Waals surface area contributed by atoms with Crippen molar-refractivity contribution in [2.75, 3.05) is 0 Å². The highest BCUT2D eigenvalue weighted by molar-refractivity contribution is 7.18. The topological polar surface area (TPSA) is 89.3 Å². The second-order valence-corrected chi connectivity index (χ2v) is 7.35. The summed E-state index contributed by atoms with van der Waals surface area (Å²) in [5.74, 6) is -1.11. The number of aliphatic carboxylic acids is 1. The van der Waals surface area contributed by atoms with Crippen LogP contribution in [0.15, 0.2) is 4.79 Å². The summed E-state index contributed by atoms with van der Waals surface area (Å²) < 4.78 is 1.40. The second-order valence-electron chi connectivity index (χ2n) is 6.27. The van der Waals surface area contributed by atoms with Crippen molar-refractivity contribution in [2.45, 2.75) is 52.0 Å². The van der Waals surface area contributed by atoms with Crippen molar-refractivity contribution in [3.63, 3.8) is 0 Å². The van der Waals surface area contributed by atoms with Gasteiger partial charge in [-0.1, -0.05) is 13.8 Å². The van der Waals surface area contributed by atoms with E-state index in [2.05, 4.69) is 4.98 Å². The molecule has 0 bridgehead atoms. The lowest BCUT2D eigenvalue weighted by Gasteiger charge is -2.14. The molecule has 1 unspecified atom stereocenters. The molecule has 2 aromatic rings. The van der Waals surface area contributed by atoms with Gasteiger partial charge in [-0.15, -0.1) is 11.3 Å². The number of hydrogen-bond acceptors (Lipinski definition) is 5. The van der Waals surface area contributed by atoms with Crippen LogP contribution >= 0.6 is 11.3 Å². The zero-order valence-corrected chi connectivity index (χ0v) is 14.1. The van der Waals surface area contributed by atoms with Crippen LogP contribution in [0.5, 0.6) is 0 Å². The first kappa shape index (κ1) is 15.9. The summed E-state index contributed by atoms with van der Waals surface area (Å²) in [6.45, 7) is 5.24. The lowest BCUT2D eigenvalue weighted by Crippen LogP contribution is -2.29. The van der Waals surface area contributed by atoms with Crippen LogP contribution in [0.3, 0.4) is 0 Å². The number of Topliss-reactive ketones (excluding diaryl/α,β-unsaturated/α-hetero) is 1. The van der Waals surface area contributed by atoms with Gasteiger partial charge in [-0.25, -0.2) is 4.98 Å². The van der Waals surface area contributed by atoms with Gasteiger partial charge < -0.3 is 5.11 Å². The van der Waals surface area contributed by atoms with E-state index in [1.807, 2.05) is 13.8 Å². The van der Waals surface area contributed by atoms with Crippen LogP contribution in [0.2, 0.25) is 0 Å². The van der Waals surface area contributed by atoms with Crippen LogP contribution in [-0.4, -0.2) is 26.4 Å². The molecule has 2 heterocycles. The van der Waals surface area contributed by atoms with Crippen molar-refractivity contribution >= 4 is 33.3 Å². The summed E-state index contributed by atoms with van der Waals surface area (Å²) in [5, 5.41) is 9.80. The molecule has 0 amide bonds. The van der Waals surface area contributed by atoms with E-state index in [0.717, 1.165) is 4.88 Å². The van der Waals surface area contributed by atoms with Gasteiger partial charge in [-0.3, -0.25) is 19.0 Å². The molecule has 23 heavy (non-hydrogen) atoms. The second kappa shape index (κ2) is 5.56. The van der Waals surface area contributed by atoms with E-state index >= 15 is 0 Å². The maximum atomic E-state index is 13.0. The summed E-state index contributed by atoms with van der Waals surface area (Å²) in [4.78, 5) is 42.1. The van der Waals surface area contributed by atoms with E-state index in [9.17, 15) is 19.5 Å². The number of aryl methyl sites for hydroxylation is 1. The van der Waals surface area contributed by atoms with Gasteiger partial charge in [0.1, 0.15) is 16.4 Å². The molecule has 0 aliphatic heterocycles. The number of aromatic nitrogens is 2. The molecule has 0 saturated heterocycles. The molecule has 2 aromatic heterocycles. The molecule has 0 saturated carbocycles. The van der Waals surface area contributed by atoms with Gasteiger partial charge in [0.2, 0.25) is 0 Å². The number of hydrogen-bond donors (Lipinski definition) is 1. The van der Waals surface area contributed by atoms with E-state index in [1.54, 1.807) is 0 Å². The fourth-order valence-corrected chi connectivity index (χ4v) is 4.45. The van der Waals surface area contributed by atoms with Crippen molar-refractivity contribution in [1.82, 2.24) is 9.55 Å². The van der Waals surface area contributed by atoms with Crippen molar-refractivity contribution < 1.29 is 14.7 Å². The SMILES string of the molecule is CC(=O)Cn1c(C(C)C)nc2sc3c(c2c1=O)C(C(=O)O)CC3. The quantitative estimate of drug-likeness (QED) is 0.926. The normalized spacial score (nSPS) is 17.0. The molecule has 122 valence electrons. The van der Waals surface area contributed by atoms with Crippen LogP contribution in [0.1, 0.15) is 55.3 Å². The van der Waals surface area contributed by atoms with Crippen LogP contribution < -0.4 is 5.56 Å². The highest BCUT2D eigenvalue weighted by atomic mass is 32.1. The van der Waals surface area contributed by atoms with Gasteiger partial charge in [-0.2, -0.15) is 0 Å². The molecule has 0 radical (unpaired) electrons. The van der Waals surface area contributed by atoms with Gasteiger partial charge in [-0.05, 0) is 25.3 Å². The highest BCUT2D eigenvalue weighted by Crippen LogP contribution is 2.42. The number of carboxylic acid groups (broad SMARTS) is 1. The van der Waals surface area contributed by atoms with E-state index < -0.39 is 11.9 Å². The number of ketones is 1. The molecule has 3 rings (SSSR count). The van der Waals surface area contributed by atoms with E-state index in [0.29, 0.717) is 34.4 Å². The van der Waals surface area contributed by atoms with Gasteiger partial charge in [0.25, 0.3) is 5.56 Å². The molecule has 7 heteroatoms. The summed E-state index contributed by atoms with van der Waals surface area (Å²) >= 11 is 1.41. The van der Waals surface area contributed by atoms with Crippen LogP contribution in [0, 0.1) is 0 Å². The molecule has 1 N–H and O–H groups in total. The number of carbonyl (C=O) groups excluding carboxylic acids is 1. The first-order chi connectivity index (χ1) is 10.8. The Balaban J connectivity index is 2.34. The van der Waals surface area contributed by atoms with E-state index in [4.69, 9.17) is 0 Å². The zero-order valence-electron chi connectivity index (χ0n) is 13.3. The predicted octanol–water partition coefficient (Wildman–Crippen LogP) is 2.28. The lowest BCUT2D eigenvalue weighted by molar-refractivity contribution is -0.138. The molecule has 1 aliphatic carbocycles. The van der Waals surface area contributed by atoms with Gasteiger partial charge in [0, 0.05) is 10.8 Å². The average molecular weight is 334 g/mol. The van der Waals surface area contributed by atoms with Crippen molar-refractivity contribution in [3.05, 3.63) is 26.6 Å². The predicted molar refractivity (Wildman–Crippen MR) is 87.3 cm³/mol. The molecule has 0 aromatic carbocycles. The highest BCUT2D eigenvalue weighted by Gasteiger charge is 2.34. The Kier molecular flexibility index (Phi) is 3.83. The standard InChI is InChI=1S/C16H18N2O4S/c1-7(2)13-17-14-12(15(20)18(13)6-8(3)19)11-9(16(21)22)4-5-10(11)23-14/h7,9H,4-6H2,1-3H3,(H,21,22). The van der Waals surface area contributed by atoms with Crippen molar-refractivity contribution in [3.8, 4) is 0 Å². The number of rotatable bonds is 4. The third-order valence-corrected chi connectivity index (χ3v) is 5.32. The number of thiophene rings is 1. The molecular weight excluding hydrogens is 316 g/mol. The van der Waals surface area contributed by atoms with Gasteiger partial charge in [0.05, 0.1) is 17.8 Å². The molecule has 1 aliphatic rings. The summed E-state index contributed by atoms with van der Waals surface area (Å²) in [6, 6.07) is 0. The zero-order chi connectivity index (χ0) is 16.9. The Hall–Kier alpha value is -2.02. The van der Waals surface area contributed by atoms with E-state index in [-0.39, 0.29) is 23.8 Å². The Morgan fingerprint density at radius 3 is 2.70 bits per heavy atom. The summed E-state index contributed by atoms with van der Waals surface area (Å²) in [7, 11) is 0. The molecule has 1 atom stereocenters. The minimum absolute atomic E-state index is 0.00124. The third kappa shape index (κ3) is 2.49. The Morgan fingerprint density at radius 1 is 1.43 bits per heavy atom. The third-order valence-electron chi connectivity index (χ3n) is 4.16. The molecular formula is C16H18N2O4S. The number of fused-ring (bicyclic) bond motifs is 3. The smallest absolute Gasteiger partial charge is 0.311 e. The lowest BCUT2D eigenvalue weighted by atomic mass is 10.0. The maximum Gasteiger partial charge on any atom is 0.311 e. The number of carbonyl (C=O) groups is 2. The van der Waals surface area contributed by atoms with Gasteiger partial charge >= 0.3 is 5.97 Å². The molecule has 6 nitrogen and oxygen atoms in total.